The summed E-state index contributed by atoms with van der Waals surface area (Å²) in [4.78, 5) is 19.3. The van der Waals surface area contributed by atoms with Crippen molar-refractivity contribution in [3.05, 3.63) is 88.4 Å². The van der Waals surface area contributed by atoms with E-state index in [2.05, 4.69) is 20.5 Å². The maximum absolute atomic E-state index is 13.3. The largest absolute Gasteiger partial charge is 0.371 e. The molecule has 3 aromatic rings. The molecule has 0 spiro atoms. The number of urea groups is 1. The Bertz CT molecular complexity index is 1030. The number of hydrogen-bond donors (Lipinski definition) is 2. The molecule has 2 atom stereocenters. The molecule has 0 bridgehead atoms. The molecule has 0 radical (unpaired) electrons. The molecular weight excluding hydrogens is 438 g/mol. The highest BCUT2D eigenvalue weighted by atomic mass is 35.5. The summed E-state index contributed by atoms with van der Waals surface area (Å²) in [5.41, 5.74) is 2.43. The number of nitrogens with zero attached hydrogens (tertiary/aromatic N) is 2. The number of rotatable bonds is 4. The van der Waals surface area contributed by atoms with Gasteiger partial charge in [-0.3, -0.25) is 4.98 Å². The van der Waals surface area contributed by atoms with Gasteiger partial charge in [0, 0.05) is 53.3 Å². The summed E-state index contributed by atoms with van der Waals surface area (Å²) < 4.78 is 13.3. The highest BCUT2D eigenvalue weighted by Crippen LogP contribution is 2.30. The first-order valence-electron chi connectivity index (χ1n) is 9.93. The SMILES string of the molecule is O=C(Nc1ccc(Cl)cc1)N[C@@H]1CCN(c2ccc(F)cc2)C[C@H]1c1ccc(Cl)cn1. The summed E-state index contributed by atoms with van der Waals surface area (Å²) in [5.74, 6) is -0.331. The van der Waals surface area contributed by atoms with Gasteiger partial charge in [0.1, 0.15) is 5.82 Å². The van der Waals surface area contributed by atoms with Crippen LogP contribution in [0.4, 0.5) is 20.6 Å². The van der Waals surface area contributed by atoms with Gasteiger partial charge in [0.2, 0.25) is 0 Å². The van der Waals surface area contributed by atoms with Crippen LogP contribution in [0.25, 0.3) is 0 Å². The topological polar surface area (TPSA) is 57.3 Å². The molecular formula is C23H21Cl2FN4O. The van der Waals surface area contributed by atoms with Crippen LogP contribution in [0.1, 0.15) is 18.0 Å². The summed E-state index contributed by atoms with van der Waals surface area (Å²) in [6, 6.07) is 16.6. The van der Waals surface area contributed by atoms with Gasteiger partial charge in [0.25, 0.3) is 0 Å². The molecule has 1 aromatic heterocycles. The van der Waals surface area contributed by atoms with E-state index in [9.17, 15) is 9.18 Å². The van der Waals surface area contributed by atoms with Crippen molar-refractivity contribution < 1.29 is 9.18 Å². The molecule has 1 fully saturated rings. The van der Waals surface area contributed by atoms with Gasteiger partial charge >= 0.3 is 6.03 Å². The van der Waals surface area contributed by atoms with E-state index >= 15 is 0 Å². The second-order valence-electron chi connectivity index (χ2n) is 7.43. The molecule has 2 N–H and O–H groups in total. The molecule has 1 saturated heterocycles. The molecule has 0 unspecified atom stereocenters. The molecule has 31 heavy (non-hydrogen) atoms. The van der Waals surface area contributed by atoms with Crippen LogP contribution in [-0.2, 0) is 0 Å². The van der Waals surface area contributed by atoms with Crippen molar-refractivity contribution in [3.63, 3.8) is 0 Å². The maximum Gasteiger partial charge on any atom is 0.319 e. The second kappa shape index (κ2) is 9.54. The number of pyridine rings is 1. The third kappa shape index (κ3) is 5.46. The van der Waals surface area contributed by atoms with Crippen molar-refractivity contribution in [2.24, 2.45) is 0 Å². The second-order valence-corrected chi connectivity index (χ2v) is 8.30. The van der Waals surface area contributed by atoms with E-state index < -0.39 is 0 Å². The van der Waals surface area contributed by atoms with Crippen molar-refractivity contribution in [2.75, 3.05) is 23.3 Å². The lowest BCUT2D eigenvalue weighted by Gasteiger charge is -2.40. The third-order valence-corrected chi connectivity index (χ3v) is 5.83. The first-order valence-corrected chi connectivity index (χ1v) is 10.7. The van der Waals surface area contributed by atoms with Gasteiger partial charge in [0.05, 0.1) is 5.02 Å². The van der Waals surface area contributed by atoms with Gasteiger partial charge in [-0.25, -0.2) is 9.18 Å². The zero-order valence-electron chi connectivity index (χ0n) is 16.6. The van der Waals surface area contributed by atoms with Crippen LogP contribution >= 0.6 is 23.2 Å². The van der Waals surface area contributed by atoms with E-state index in [1.165, 1.54) is 12.1 Å². The first-order chi connectivity index (χ1) is 15.0. The van der Waals surface area contributed by atoms with Crippen molar-refractivity contribution in [1.29, 1.82) is 0 Å². The minimum Gasteiger partial charge on any atom is -0.371 e. The summed E-state index contributed by atoms with van der Waals surface area (Å²) >= 11 is 11.9. The number of nitrogens with one attached hydrogen (secondary N) is 2. The maximum atomic E-state index is 13.3. The van der Waals surface area contributed by atoms with Gasteiger partial charge < -0.3 is 15.5 Å². The minimum absolute atomic E-state index is 0.0629. The predicted molar refractivity (Wildman–Crippen MR) is 123 cm³/mol. The average Bonchev–Trinajstić information content (AvgIpc) is 2.77. The lowest BCUT2D eigenvalue weighted by atomic mass is 9.88. The Labute approximate surface area is 190 Å². The molecule has 0 aliphatic carbocycles. The molecule has 160 valence electrons. The lowest BCUT2D eigenvalue weighted by molar-refractivity contribution is 0.243. The highest BCUT2D eigenvalue weighted by molar-refractivity contribution is 6.30. The van der Waals surface area contributed by atoms with Gasteiger partial charge in [-0.1, -0.05) is 23.2 Å². The molecule has 1 aliphatic rings. The molecule has 1 aliphatic heterocycles. The Hall–Kier alpha value is -2.83. The fraction of sp³-hybridized carbons (Fsp3) is 0.217. The van der Waals surface area contributed by atoms with Crippen LogP contribution in [-0.4, -0.2) is 30.1 Å². The summed E-state index contributed by atoms with van der Waals surface area (Å²) in [6.07, 6.45) is 2.32. The number of aromatic nitrogens is 1. The molecule has 2 aromatic carbocycles. The molecule has 5 nitrogen and oxygen atoms in total. The third-order valence-electron chi connectivity index (χ3n) is 5.35. The van der Waals surface area contributed by atoms with Crippen LogP contribution < -0.4 is 15.5 Å². The summed E-state index contributed by atoms with van der Waals surface area (Å²) in [5, 5.41) is 7.08. The van der Waals surface area contributed by atoms with E-state index in [0.717, 1.165) is 17.9 Å². The number of benzene rings is 2. The Balaban J connectivity index is 1.51. The average molecular weight is 459 g/mol. The smallest absolute Gasteiger partial charge is 0.319 e. The quantitative estimate of drug-likeness (QED) is 0.526. The predicted octanol–water partition coefficient (Wildman–Crippen LogP) is 5.71. The van der Waals surface area contributed by atoms with Crippen molar-refractivity contribution in [1.82, 2.24) is 10.3 Å². The fourth-order valence-electron chi connectivity index (χ4n) is 3.79. The number of amides is 2. The van der Waals surface area contributed by atoms with Crippen LogP contribution in [0, 0.1) is 5.82 Å². The number of carbonyl (C=O) groups is 1. The standard InChI is InChI=1S/C23H21Cl2FN4O/c24-15-1-6-18(7-2-15)28-23(31)29-22-11-12-30(19-8-4-17(26)5-9-19)14-20(22)21-10-3-16(25)13-27-21/h1-10,13,20,22H,11-12,14H2,(H2,28,29,31)/t20-,22+/m0/s1. The van der Waals surface area contributed by atoms with Gasteiger partial charge in [-0.05, 0) is 67.1 Å². The summed E-state index contributed by atoms with van der Waals surface area (Å²) in [7, 11) is 0. The van der Waals surface area contributed by atoms with E-state index in [1.807, 2.05) is 6.07 Å². The van der Waals surface area contributed by atoms with Crippen LogP contribution in [0.15, 0.2) is 66.9 Å². The monoisotopic (exact) mass is 458 g/mol. The Morgan fingerprint density at radius 2 is 1.71 bits per heavy atom. The van der Waals surface area contributed by atoms with E-state index in [1.54, 1.807) is 48.7 Å². The molecule has 2 amide bonds. The van der Waals surface area contributed by atoms with E-state index in [4.69, 9.17) is 23.2 Å². The normalized spacial score (nSPS) is 18.5. The number of hydrogen-bond acceptors (Lipinski definition) is 3. The van der Waals surface area contributed by atoms with Crippen LogP contribution in [0.5, 0.6) is 0 Å². The molecule has 4 rings (SSSR count). The van der Waals surface area contributed by atoms with Crippen molar-refractivity contribution in [2.45, 2.75) is 18.4 Å². The van der Waals surface area contributed by atoms with Crippen LogP contribution in [0.3, 0.4) is 0 Å². The lowest BCUT2D eigenvalue weighted by Crippen LogP contribution is -2.51. The fourth-order valence-corrected chi connectivity index (χ4v) is 4.02. The zero-order valence-corrected chi connectivity index (χ0v) is 18.1. The Kier molecular flexibility index (Phi) is 6.59. The van der Waals surface area contributed by atoms with Gasteiger partial charge in [-0.15, -0.1) is 0 Å². The van der Waals surface area contributed by atoms with E-state index in [-0.39, 0.29) is 23.8 Å². The summed E-state index contributed by atoms with van der Waals surface area (Å²) in [6.45, 7) is 1.35. The number of carbonyl (C=O) groups excluding carboxylic acids is 1. The van der Waals surface area contributed by atoms with Crippen molar-refractivity contribution in [3.8, 4) is 0 Å². The number of halogens is 3. The Morgan fingerprint density at radius 1 is 1.00 bits per heavy atom. The van der Waals surface area contributed by atoms with Gasteiger partial charge in [-0.2, -0.15) is 0 Å². The minimum atomic E-state index is -0.290. The zero-order chi connectivity index (χ0) is 21.8. The highest BCUT2D eigenvalue weighted by Gasteiger charge is 2.32. The first kappa shape index (κ1) is 21.4. The molecule has 2 heterocycles. The molecule has 8 heteroatoms. The molecule has 0 saturated carbocycles. The number of anilines is 2. The van der Waals surface area contributed by atoms with Crippen molar-refractivity contribution >= 4 is 40.6 Å². The van der Waals surface area contributed by atoms with Crippen LogP contribution in [0.2, 0.25) is 10.0 Å². The Morgan fingerprint density at radius 3 is 2.39 bits per heavy atom. The van der Waals surface area contributed by atoms with Gasteiger partial charge in [0.15, 0.2) is 0 Å². The van der Waals surface area contributed by atoms with E-state index in [0.29, 0.717) is 28.7 Å². The number of piperidine rings is 1.